The number of carboxylic acid groups (broad SMARTS) is 1. The number of benzene rings is 1. The number of rotatable bonds is 3. The SMILES string of the molecule is O=C(O)COc1ccccc1Br. The molecule has 0 aliphatic heterocycles. The van der Waals surface area contributed by atoms with Crippen LogP contribution in [0.5, 0.6) is 5.75 Å². The second kappa shape index (κ2) is 4.11. The molecule has 0 aliphatic rings. The van der Waals surface area contributed by atoms with E-state index >= 15 is 0 Å². The van der Waals surface area contributed by atoms with Gasteiger partial charge in [-0.05, 0) is 28.1 Å². The Morgan fingerprint density at radius 2 is 2.17 bits per heavy atom. The summed E-state index contributed by atoms with van der Waals surface area (Å²) in [6.07, 6.45) is 0. The first-order valence-electron chi connectivity index (χ1n) is 3.29. The van der Waals surface area contributed by atoms with Crippen molar-refractivity contribution in [3.05, 3.63) is 28.7 Å². The fourth-order valence-corrected chi connectivity index (χ4v) is 1.10. The van der Waals surface area contributed by atoms with Crippen molar-refractivity contribution < 1.29 is 14.6 Å². The van der Waals surface area contributed by atoms with E-state index in [1.54, 1.807) is 18.2 Å². The average molecular weight is 231 g/mol. The molecule has 0 saturated heterocycles. The standard InChI is InChI=1S/C8H7BrO3/c9-6-3-1-2-4-7(6)12-5-8(10)11/h1-4H,5H2,(H,10,11). The lowest BCUT2D eigenvalue weighted by atomic mass is 10.3. The van der Waals surface area contributed by atoms with Gasteiger partial charge in [-0.3, -0.25) is 0 Å². The van der Waals surface area contributed by atoms with E-state index in [0.29, 0.717) is 5.75 Å². The molecule has 4 heteroatoms. The molecule has 0 heterocycles. The Kier molecular flexibility index (Phi) is 3.10. The van der Waals surface area contributed by atoms with Crippen molar-refractivity contribution in [2.75, 3.05) is 6.61 Å². The van der Waals surface area contributed by atoms with E-state index in [9.17, 15) is 4.79 Å². The van der Waals surface area contributed by atoms with Crippen LogP contribution in [0.2, 0.25) is 0 Å². The quantitative estimate of drug-likeness (QED) is 0.864. The molecule has 0 aliphatic carbocycles. The highest BCUT2D eigenvalue weighted by molar-refractivity contribution is 9.10. The Labute approximate surface area is 78.1 Å². The van der Waals surface area contributed by atoms with Crippen LogP contribution in [-0.4, -0.2) is 17.7 Å². The smallest absolute Gasteiger partial charge is 0.341 e. The van der Waals surface area contributed by atoms with Crippen LogP contribution in [0, 0.1) is 0 Å². The van der Waals surface area contributed by atoms with Gasteiger partial charge < -0.3 is 9.84 Å². The van der Waals surface area contributed by atoms with Crippen molar-refractivity contribution in [3.63, 3.8) is 0 Å². The molecule has 0 aromatic heterocycles. The van der Waals surface area contributed by atoms with E-state index in [1.807, 2.05) is 6.07 Å². The van der Waals surface area contributed by atoms with Crippen molar-refractivity contribution in [1.82, 2.24) is 0 Å². The number of carboxylic acids is 1. The minimum Gasteiger partial charge on any atom is -0.481 e. The summed E-state index contributed by atoms with van der Waals surface area (Å²) < 4.78 is 5.71. The fourth-order valence-electron chi connectivity index (χ4n) is 0.701. The number of hydrogen-bond acceptors (Lipinski definition) is 2. The average Bonchev–Trinajstić information content (AvgIpc) is 2.03. The monoisotopic (exact) mass is 230 g/mol. The second-order valence-corrected chi connectivity index (χ2v) is 2.97. The molecule has 1 aromatic rings. The highest BCUT2D eigenvalue weighted by atomic mass is 79.9. The molecule has 0 unspecified atom stereocenters. The molecule has 0 atom stereocenters. The van der Waals surface area contributed by atoms with E-state index in [0.717, 1.165) is 4.47 Å². The Balaban J connectivity index is 2.63. The summed E-state index contributed by atoms with van der Waals surface area (Å²) in [6, 6.07) is 7.10. The van der Waals surface area contributed by atoms with E-state index in [2.05, 4.69) is 15.9 Å². The largest absolute Gasteiger partial charge is 0.481 e. The molecule has 0 radical (unpaired) electrons. The van der Waals surface area contributed by atoms with Gasteiger partial charge in [0.1, 0.15) is 5.75 Å². The minimum atomic E-state index is -0.981. The van der Waals surface area contributed by atoms with Gasteiger partial charge in [-0.2, -0.15) is 0 Å². The van der Waals surface area contributed by atoms with E-state index in [-0.39, 0.29) is 6.61 Å². The van der Waals surface area contributed by atoms with Gasteiger partial charge in [0.05, 0.1) is 4.47 Å². The molecular weight excluding hydrogens is 224 g/mol. The summed E-state index contributed by atoms with van der Waals surface area (Å²) in [5.74, 6) is -0.439. The van der Waals surface area contributed by atoms with Gasteiger partial charge in [0.15, 0.2) is 6.61 Å². The maximum atomic E-state index is 10.1. The molecule has 3 nitrogen and oxygen atoms in total. The van der Waals surface area contributed by atoms with Gasteiger partial charge in [0, 0.05) is 0 Å². The first-order valence-corrected chi connectivity index (χ1v) is 4.08. The molecule has 12 heavy (non-hydrogen) atoms. The third kappa shape index (κ3) is 2.54. The summed E-state index contributed by atoms with van der Waals surface area (Å²) in [6.45, 7) is -0.317. The topological polar surface area (TPSA) is 46.5 Å². The normalized spacial score (nSPS) is 9.42. The van der Waals surface area contributed by atoms with Crippen LogP contribution in [0.4, 0.5) is 0 Å². The molecular formula is C8H7BrO3. The summed E-state index contributed by atoms with van der Waals surface area (Å²) in [5.41, 5.74) is 0. The zero-order valence-corrected chi connectivity index (χ0v) is 7.74. The van der Waals surface area contributed by atoms with Gasteiger partial charge >= 0.3 is 5.97 Å². The number of carbonyl (C=O) groups is 1. The summed E-state index contributed by atoms with van der Waals surface area (Å²) >= 11 is 3.23. The molecule has 1 N–H and O–H groups in total. The zero-order valence-electron chi connectivity index (χ0n) is 6.16. The van der Waals surface area contributed by atoms with Gasteiger partial charge in [-0.15, -0.1) is 0 Å². The molecule has 0 spiro atoms. The molecule has 0 saturated carbocycles. The lowest BCUT2D eigenvalue weighted by molar-refractivity contribution is -0.139. The summed E-state index contributed by atoms with van der Waals surface area (Å²) in [5, 5.41) is 8.33. The molecule has 0 amide bonds. The number of hydrogen-bond donors (Lipinski definition) is 1. The molecule has 64 valence electrons. The number of aliphatic carboxylic acids is 1. The Hall–Kier alpha value is -1.03. The van der Waals surface area contributed by atoms with E-state index in [4.69, 9.17) is 9.84 Å². The van der Waals surface area contributed by atoms with Crippen molar-refractivity contribution in [1.29, 1.82) is 0 Å². The van der Waals surface area contributed by atoms with Crippen LogP contribution >= 0.6 is 15.9 Å². The number of para-hydroxylation sites is 1. The van der Waals surface area contributed by atoms with Crippen molar-refractivity contribution >= 4 is 21.9 Å². The minimum absolute atomic E-state index is 0.317. The van der Waals surface area contributed by atoms with Gasteiger partial charge in [0.2, 0.25) is 0 Å². The zero-order chi connectivity index (χ0) is 8.97. The maximum absolute atomic E-state index is 10.1. The van der Waals surface area contributed by atoms with Crippen molar-refractivity contribution in [3.8, 4) is 5.75 Å². The highest BCUT2D eigenvalue weighted by Gasteiger charge is 2.01. The lowest BCUT2D eigenvalue weighted by Crippen LogP contribution is -2.09. The Morgan fingerprint density at radius 3 is 2.75 bits per heavy atom. The van der Waals surface area contributed by atoms with E-state index in [1.165, 1.54) is 0 Å². The Morgan fingerprint density at radius 1 is 1.50 bits per heavy atom. The van der Waals surface area contributed by atoms with Crippen LogP contribution in [0.1, 0.15) is 0 Å². The van der Waals surface area contributed by atoms with Crippen LogP contribution in [-0.2, 0) is 4.79 Å². The predicted molar refractivity (Wildman–Crippen MR) is 47.3 cm³/mol. The third-order valence-corrected chi connectivity index (χ3v) is 1.84. The van der Waals surface area contributed by atoms with Crippen LogP contribution in [0.15, 0.2) is 28.7 Å². The van der Waals surface area contributed by atoms with Crippen LogP contribution in [0.25, 0.3) is 0 Å². The van der Waals surface area contributed by atoms with Gasteiger partial charge in [-0.1, -0.05) is 12.1 Å². The van der Waals surface area contributed by atoms with Crippen LogP contribution < -0.4 is 4.74 Å². The maximum Gasteiger partial charge on any atom is 0.341 e. The number of halogens is 1. The van der Waals surface area contributed by atoms with Gasteiger partial charge in [-0.25, -0.2) is 4.79 Å². The third-order valence-electron chi connectivity index (χ3n) is 1.19. The van der Waals surface area contributed by atoms with Gasteiger partial charge in [0.25, 0.3) is 0 Å². The number of ether oxygens (including phenoxy) is 1. The molecule has 0 fully saturated rings. The van der Waals surface area contributed by atoms with Crippen molar-refractivity contribution in [2.45, 2.75) is 0 Å². The Bertz CT molecular complexity index is 285. The van der Waals surface area contributed by atoms with Crippen LogP contribution in [0.3, 0.4) is 0 Å². The second-order valence-electron chi connectivity index (χ2n) is 2.11. The first-order chi connectivity index (χ1) is 5.70. The molecule has 0 bridgehead atoms. The van der Waals surface area contributed by atoms with E-state index < -0.39 is 5.97 Å². The highest BCUT2D eigenvalue weighted by Crippen LogP contribution is 2.23. The first kappa shape index (κ1) is 9.06. The lowest BCUT2D eigenvalue weighted by Gasteiger charge is -2.03. The predicted octanol–water partition coefficient (Wildman–Crippen LogP) is 1.91. The van der Waals surface area contributed by atoms with Crippen molar-refractivity contribution in [2.24, 2.45) is 0 Å². The summed E-state index contributed by atoms with van der Waals surface area (Å²) in [4.78, 5) is 10.1. The molecule has 1 aromatic carbocycles. The fraction of sp³-hybridized carbons (Fsp3) is 0.125. The summed E-state index contributed by atoms with van der Waals surface area (Å²) in [7, 11) is 0. The molecule has 1 rings (SSSR count).